The maximum absolute atomic E-state index is 12.7. The zero-order chi connectivity index (χ0) is 20.8. The molecule has 0 amide bonds. The van der Waals surface area contributed by atoms with Gasteiger partial charge in [0.25, 0.3) is 0 Å². The van der Waals surface area contributed by atoms with Crippen LogP contribution in [-0.4, -0.2) is 29.4 Å². The Hall–Kier alpha value is -2.99. The summed E-state index contributed by atoms with van der Waals surface area (Å²) in [6.07, 6.45) is -3.75. The van der Waals surface area contributed by atoms with E-state index in [0.717, 1.165) is 16.7 Å². The van der Waals surface area contributed by atoms with Gasteiger partial charge in [0, 0.05) is 0 Å². The Labute approximate surface area is 175 Å². The van der Waals surface area contributed by atoms with Gasteiger partial charge in [0.05, 0.1) is 13.2 Å². The third kappa shape index (κ3) is 4.76. The van der Waals surface area contributed by atoms with E-state index in [2.05, 4.69) is 0 Å². The lowest BCUT2D eigenvalue weighted by Crippen LogP contribution is -2.54. The van der Waals surface area contributed by atoms with Crippen LogP contribution < -0.4 is 0 Å². The highest BCUT2D eigenvalue weighted by atomic mass is 16.6. The van der Waals surface area contributed by atoms with Gasteiger partial charge in [-0.1, -0.05) is 91.0 Å². The molecule has 0 radical (unpaired) electrons. The van der Waals surface area contributed by atoms with Crippen molar-refractivity contribution in [2.45, 2.75) is 37.6 Å². The molecule has 1 heterocycles. The summed E-state index contributed by atoms with van der Waals surface area (Å²) in [5, 5.41) is 11.0. The van der Waals surface area contributed by atoms with E-state index in [1.54, 1.807) is 0 Å². The molecule has 1 aliphatic heterocycles. The first-order chi connectivity index (χ1) is 14.7. The molecule has 0 saturated carbocycles. The van der Waals surface area contributed by atoms with Crippen LogP contribution in [0.1, 0.15) is 22.8 Å². The Morgan fingerprint density at radius 1 is 0.733 bits per heavy atom. The molecule has 4 rings (SSSR count). The summed E-state index contributed by atoms with van der Waals surface area (Å²) in [5.74, 6) is -0.591. The SMILES string of the molecule is O=C1O[C@H](c2ccccc2)[C@H](OCc2ccccc2)[C@H](O)[C@@H]1OCc1ccccc1. The van der Waals surface area contributed by atoms with E-state index in [4.69, 9.17) is 14.2 Å². The Morgan fingerprint density at radius 2 is 1.23 bits per heavy atom. The van der Waals surface area contributed by atoms with Crippen molar-refractivity contribution in [3.8, 4) is 0 Å². The van der Waals surface area contributed by atoms with Crippen LogP contribution in [0.25, 0.3) is 0 Å². The van der Waals surface area contributed by atoms with Gasteiger partial charge in [-0.05, 0) is 16.7 Å². The lowest BCUT2D eigenvalue weighted by atomic mass is 9.94. The Bertz CT molecular complexity index is 930. The molecule has 3 aromatic rings. The smallest absolute Gasteiger partial charge is 0.338 e. The molecule has 0 aliphatic carbocycles. The number of ether oxygens (including phenoxy) is 3. The second-order valence-corrected chi connectivity index (χ2v) is 7.24. The molecule has 0 aromatic heterocycles. The minimum atomic E-state index is -1.16. The van der Waals surface area contributed by atoms with Crippen molar-refractivity contribution in [3.05, 3.63) is 108 Å². The molecular formula is C25H24O5. The summed E-state index contributed by atoms with van der Waals surface area (Å²) in [5.41, 5.74) is 2.64. The number of aliphatic hydroxyl groups is 1. The molecule has 1 fully saturated rings. The number of cyclic esters (lactones) is 1. The molecule has 30 heavy (non-hydrogen) atoms. The van der Waals surface area contributed by atoms with Crippen molar-refractivity contribution in [3.63, 3.8) is 0 Å². The molecule has 5 nitrogen and oxygen atoms in total. The van der Waals surface area contributed by atoms with Gasteiger partial charge in [-0.2, -0.15) is 0 Å². The second-order valence-electron chi connectivity index (χ2n) is 7.24. The van der Waals surface area contributed by atoms with Crippen LogP contribution >= 0.6 is 0 Å². The number of aliphatic hydroxyl groups excluding tert-OH is 1. The van der Waals surface area contributed by atoms with Crippen molar-refractivity contribution in [1.29, 1.82) is 0 Å². The number of benzene rings is 3. The van der Waals surface area contributed by atoms with Crippen LogP contribution in [0.2, 0.25) is 0 Å². The largest absolute Gasteiger partial charge is 0.453 e. The first-order valence-corrected chi connectivity index (χ1v) is 9.97. The molecule has 4 atom stereocenters. The zero-order valence-corrected chi connectivity index (χ0v) is 16.5. The monoisotopic (exact) mass is 404 g/mol. The van der Waals surface area contributed by atoms with E-state index in [-0.39, 0.29) is 13.2 Å². The quantitative estimate of drug-likeness (QED) is 0.607. The first-order valence-electron chi connectivity index (χ1n) is 9.97. The molecule has 154 valence electrons. The van der Waals surface area contributed by atoms with Crippen molar-refractivity contribution in [2.24, 2.45) is 0 Å². The summed E-state index contributed by atoms with van der Waals surface area (Å²) in [6.45, 7) is 0.480. The van der Waals surface area contributed by atoms with Gasteiger partial charge in [-0.3, -0.25) is 0 Å². The Balaban J connectivity index is 1.53. The number of rotatable bonds is 7. The van der Waals surface area contributed by atoms with Crippen LogP contribution in [0.3, 0.4) is 0 Å². The summed E-state index contributed by atoms with van der Waals surface area (Å²) in [4.78, 5) is 12.7. The number of esters is 1. The minimum absolute atomic E-state index is 0.194. The van der Waals surface area contributed by atoms with E-state index in [0.29, 0.717) is 0 Å². The van der Waals surface area contributed by atoms with Crippen LogP contribution in [0, 0.1) is 0 Å². The summed E-state index contributed by atoms with van der Waals surface area (Å²) in [7, 11) is 0. The van der Waals surface area contributed by atoms with E-state index < -0.39 is 30.4 Å². The van der Waals surface area contributed by atoms with Gasteiger partial charge in [-0.15, -0.1) is 0 Å². The van der Waals surface area contributed by atoms with Crippen LogP contribution in [0.4, 0.5) is 0 Å². The van der Waals surface area contributed by atoms with Gasteiger partial charge >= 0.3 is 5.97 Å². The van der Waals surface area contributed by atoms with E-state index in [9.17, 15) is 9.90 Å². The highest BCUT2D eigenvalue weighted by Crippen LogP contribution is 2.33. The molecule has 0 unspecified atom stereocenters. The van der Waals surface area contributed by atoms with Crippen LogP contribution in [0.5, 0.6) is 0 Å². The maximum Gasteiger partial charge on any atom is 0.338 e. The fourth-order valence-corrected chi connectivity index (χ4v) is 3.53. The van der Waals surface area contributed by atoms with Crippen molar-refractivity contribution in [1.82, 2.24) is 0 Å². The van der Waals surface area contributed by atoms with Crippen LogP contribution in [-0.2, 0) is 32.2 Å². The van der Waals surface area contributed by atoms with Gasteiger partial charge < -0.3 is 19.3 Å². The fourth-order valence-electron chi connectivity index (χ4n) is 3.53. The van der Waals surface area contributed by atoms with Crippen molar-refractivity contribution in [2.75, 3.05) is 0 Å². The highest BCUT2D eigenvalue weighted by Gasteiger charge is 2.47. The standard InChI is InChI=1S/C25H24O5/c26-21-23(28-16-18-10-4-1-5-11-18)22(20-14-8-3-9-15-20)30-25(27)24(21)29-17-19-12-6-2-7-13-19/h1-15,21-24,26H,16-17H2/t21-,22+,23+,24-/m0/s1. The van der Waals surface area contributed by atoms with Gasteiger partial charge in [0.1, 0.15) is 12.2 Å². The zero-order valence-electron chi connectivity index (χ0n) is 16.5. The number of carbonyl (C=O) groups excluding carboxylic acids is 1. The van der Waals surface area contributed by atoms with Crippen LogP contribution in [0.15, 0.2) is 91.0 Å². The first kappa shape index (κ1) is 20.3. The second kappa shape index (κ2) is 9.67. The number of carbonyl (C=O) groups is 1. The molecule has 0 spiro atoms. The molecule has 5 heteroatoms. The van der Waals surface area contributed by atoms with Crippen molar-refractivity contribution >= 4 is 5.97 Å². The summed E-state index contributed by atoms with van der Waals surface area (Å²) in [6, 6.07) is 28.5. The topological polar surface area (TPSA) is 65.0 Å². The van der Waals surface area contributed by atoms with Gasteiger partial charge in [0.15, 0.2) is 12.2 Å². The van der Waals surface area contributed by atoms with E-state index in [1.807, 2.05) is 91.0 Å². The number of hydrogen-bond donors (Lipinski definition) is 1. The lowest BCUT2D eigenvalue weighted by Gasteiger charge is -2.39. The maximum atomic E-state index is 12.7. The van der Waals surface area contributed by atoms with Gasteiger partial charge in [-0.25, -0.2) is 4.79 Å². The molecule has 1 saturated heterocycles. The van der Waals surface area contributed by atoms with Gasteiger partial charge in [0.2, 0.25) is 0 Å². The molecule has 3 aromatic carbocycles. The highest BCUT2D eigenvalue weighted by molar-refractivity contribution is 5.77. The predicted molar refractivity (Wildman–Crippen MR) is 111 cm³/mol. The van der Waals surface area contributed by atoms with E-state index in [1.165, 1.54) is 0 Å². The average molecular weight is 404 g/mol. The Kier molecular flexibility index (Phi) is 6.54. The molecule has 0 bridgehead atoms. The summed E-state index contributed by atoms with van der Waals surface area (Å²) >= 11 is 0. The Morgan fingerprint density at radius 3 is 1.80 bits per heavy atom. The molecular weight excluding hydrogens is 380 g/mol. The van der Waals surface area contributed by atoms with Crippen molar-refractivity contribution < 1.29 is 24.1 Å². The predicted octanol–water partition coefficient (Wildman–Crippen LogP) is 3.82. The summed E-state index contributed by atoms with van der Waals surface area (Å²) < 4.78 is 17.5. The molecule has 1 aliphatic rings. The van der Waals surface area contributed by atoms with E-state index >= 15 is 0 Å². The third-order valence-corrected chi connectivity index (χ3v) is 5.11. The third-order valence-electron chi connectivity index (χ3n) is 5.11. The lowest BCUT2D eigenvalue weighted by molar-refractivity contribution is -0.223. The molecule has 1 N–H and O–H groups in total. The number of hydrogen-bond acceptors (Lipinski definition) is 5. The fraction of sp³-hybridized carbons (Fsp3) is 0.240. The minimum Gasteiger partial charge on any atom is -0.453 e. The average Bonchev–Trinajstić information content (AvgIpc) is 2.80. The normalized spacial score (nSPS) is 23.7.